The first-order chi connectivity index (χ1) is 9.38. The lowest BCUT2D eigenvalue weighted by Gasteiger charge is -1.94. The first kappa shape index (κ1) is 12.7. The van der Waals surface area contributed by atoms with E-state index in [2.05, 4.69) is 32.2 Å². The lowest BCUT2D eigenvalue weighted by atomic mass is 10.1. The SMILES string of the molecule is O/N=C\c1ccc(C#CCCc2cccnc2)nn1. The van der Waals surface area contributed by atoms with Gasteiger partial charge in [-0.1, -0.05) is 17.1 Å². The van der Waals surface area contributed by atoms with Gasteiger partial charge in [-0.3, -0.25) is 4.98 Å². The molecule has 2 aromatic heterocycles. The third-order valence-corrected chi connectivity index (χ3v) is 2.35. The fourth-order valence-corrected chi connectivity index (χ4v) is 1.44. The van der Waals surface area contributed by atoms with E-state index >= 15 is 0 Å². The normalized spacial score (nSPS) is 10.1. The number of aryl methyl sites for hydroxylation is 1. The van der Waals surface area contributed by atoms with Crippen molar-refractivity contribution >= 4 is 6.21 Å². The molecular weight excluding hydrogens is 240 g/mol. The van der Waals surface area contributed by atoms with E-state index in [1.165, 1.54) is 6.21 Å². The summed E-state index contributed by atoms with van der Waals surface area (Å²) in [5.74, 6) is 5.97. The molecular formula is C14H12N4O. The van der Waals surface area contributed by atoms with Crippen molar-refractivity contribution in [2.45, 2.75) is 12.8 Å². The molecule has 1 N–H and O–H groups in total. The zero-order valence-corrected chi connectivity index (χ0v) is 10.2. The van der Waals surface area contributed by atoms with Gasteiger partial charge in [-0.25, -0.2) is 0 Å². The monoisotopic (exact) mass is 252 g/mol. The number of hydrogen-bond donors (Lipinski definition) is 1. The van der Waals surface area contributed by atoms with Crippen LogP contribution in [-0.4, -0.2) is 26.6 Å². The van der Waals surface area contributed by atoms with Crippen LogP contribution in [0.1, 0.15) is 23.4 Å². The van der Waals surface area contributed by atoms with Gasteiger partial charge in [-0.05, 0) is 36.1 Å². The molecule has 0 amide bonds. The summed E-state index contributed by atoms with van der Waals surface area (Å²) in [4.78, 5) is 4.05. The minimum Gasteiger partial charge on any atom is -0.411 e. The molecule has 0 fully saturated rings. The number of pyridine rings is 1. The number of aromatic nitrogens is 3. The molecule has 0 unspecified atom stereocenters. The molecule has 0 spiro atoms. The molecule has 0 radical (unpaired) electrons. The predicted molar refractivity (Wildman–Crippen MR) is 70.8 cm³/mol. The summed E-state index contributed by atoms with van der Waals surface area (Å²) in [5.41, 5.74) is 2.25. The van der Waals surface area contributed by atoms with Crippen LogP contribution in [0.15, 0.2) is 41.8 Å². The third kappa shape index (κ3) is 4.21. The van der Waals surface area contributed by atoms with Gasteiger partial charge >= 0.3 is 0 Å². The maximum absolute atomic E-state index is 8.34. The fourth-order valence-electron chi connectivity index (χ4n) is 1.44. The molecule has 0 saturated carbocycles. The van der Waals surface area contributed by atoms with Crippen molar-refractivity contribution in [1.29, 1.82) is 0 Å². The second-order valence-corrected chi connectivity index (χ2v) is 3.75. The quantitative estimate of drug-likeness (QED) is 0.390. The summed E-state index contributed by atoms with van der Waals surface area (Å²) in [5, 5.41) is 19.0. The van der Waals surface area contributed by atoms with Crippen LogP contribution in [0.25, 0.3) is 0 Å². The van der Waals surface area contributed by atoms with Gasteiger partial charge in [0.25, 0.3) is 0 Å². The Kier molecular flexibility index (Phi) is 4.59. The minimum absolute atomic E-state index is 0.489. The zero-order valence-electron chi connectivity index (χ0n) is 10.2. The van der Waals surface area contributed by atoms with Crippen molar-refractivity contribution in [1.82, 2.24) is 15.2 Å². The molecule has 0 bridgehead atoms. The summed E-state index contributed by atoms with van der Waals surface area (Å²) in [6, 6.07) is 7.37. The molecule has 2 rings (SSSR count). The molecule has 0 aliphatic carbocycles. The Hall–Kier alpha value is -2.74. The largest absolute Gasteiger partial charge is 0.411 e. The van der Waals surface area contributed by atoms with E-state index in [1.54, 1.807) is 18.3 Å². The minimum atomic E-state index is 0.489. The molecule has 2 heterocycles. The van der Waals surface area contributed by atoms with E-state index in [4.69, 9.17) is 5.21 Å². The average Bonchev–Trinajstić information content (AvgIpc) is 2.47. The van der Waals surface area contributed by atoms with Crippen LogP contribution in [0.4, 0.5) is 0 Å². The average molecular weight is 252 g/mol. The van der Waals surface area contributed by atoms with Gasteiger partial charge in [0.15, 0.2) is 0 Å². The number of oxime groups is 1. The van der Waals surface area contributed by atoms with Crippen LogP contribution in [0.3, 0.4) is 0 Å². The summed E-state index contributed by atoms with van der Waals surface area (Å²) in [7, 11) is 0. The molecule has 0 aliphatic heterocycles. The second kappa shape index (κ2) is 6.87. The summed E-state index contributed by atoms with van der Waals surface area (Å²) in [6.07, 6.45) is 6.41. The van der Waals surface area contributed by atoms with Crippen molar-refractivity contribution in [2.75, 3.05) is 0 Å². The second-order valence-electron chi connectivity index (χ2n) is 3.75. The summed E-state index contributed by atoms with van der Waals surface area (Å²) in [6.45, 7) is 0. The van der Waals surface area contributed by atoms with Crippen molar-refractivity contribution in [3.8, 4) is 11.8 Å². The van der Waals surface area contributed by atoms with E-state index < -0.39 is 0 Å². The van der Waals surface area contributed by atoms with Crippen LogP contribution in [-0.2, 0) is 6.42 Å². The van der Waals surface area contributed by atoms with Gasteiger partial charge in [0, 0.05) is 18.8 Å². The fraction of sp³-hybridized carbons (Fsp3) is 0.143. The number of nitrogens with zero attached hydrogens (tertiary/aromatic N) is 4. The zero-order chi connectivity index (χ0) is 13.3. The molecule has 0 aromatic carbocycles. The smallest absolute Gasteiger partial charge is 0.135 e. The van der Waals surface area contributed by atoms with Gasteiger partial charge in [-0.15, -0.1) is 10.2 Å². The first-order valence-corrected chi connectivity index (χ1v) is 5.77. The van der Waals surface area contributed by atoms with Gasteiger partial charge < -0.3 is 5.21 Å². The number of hydrogen-bond acceptors (Lipinski definition) is 5. The van der Waals surface area contributed by atoms with Crippen LogP contribution >= 0.6 is 0 Å². The standard InChI is InChI=1S/C14H12N4O/c19-16-11-14-8-7-13(17-18-14)6-2-1-4-12-5-3-9-15-10-12/h3,5,7-11,19H,1,4H2/b16-11-. The Morgan fingerprint density at radius 3 is 2.89 bits per heavy atom. The summed E-state index contributed by atoms with van der Waals surface area (Å²) < 4.78 is 0. The van der Waals surface area contributed by atoms with Gasteiger partial charge in [0.2, 0.25) is 0 Å². The molecule has 94 valence electrons. The molecule has 0 atom stereocenters. The highest BCUT2D eigenvalue weighted by molar-refractivity contribution is 5.75. The van der Waals surface area contributed by atoms with E-state index in [0.717, 1.165) is 18.4 Å². The van der Waals surface area contributed by atoms with Crippen molar-refractivity contribution in [3.63, 3.8) is 0 Å². The molecule has 2 aromatic rings. The predicted octanol–water partition coefficient (Wildman–Crippen LogP) is 1.66. The van der Waals surface area contributed by atoms with Crippen molar-refractivity contribution in [3.05, 3.63) is 53.6 Å². The third-order valence-electron chi connectivity index (χ3n) is 2.35. The highest BCUT2D eigenvalue weighted by atomic mass is 16.4. The number of rotatable bonds is 3. The highest BCUT2D eigenvalue weighted by Crippen LogP contribution is 1.99. The Morgan fingerprint density at radius 1 is 1.26 bits per heavy atom. The van der Waals surface area contributed by atoms with Crippen LogP contribution in [0.2, 0.25) is 0 Å². The van der Waals surface area contributed by atoms with Gasteiger partial charge in [0.05, 0.1) is 6.21 Å². The molecule has 19 heavy (non-hydrogen) atoms. The molecule has 0 saturated heterocycles. The van der Waals surface area contributed by atoms with Gasteiger partial charge in [0.1, 0.15) is 11.4 Å². The van der Waals surface area contributed by atoms with E-state index in [1.807, 2.05) is 18.3 Å². The molecule has 5 heteroatoms. The topological polar surface area (TPSA) is 71.3 Å². The maximum atomic E-state index is 8.34. The Bertz CT molecular complexity index is 597. The Morgan fingerprint density at radius 2 is 2.21 bits per heavy atom. The summed E-state index contributed by atoms with van der Waals surface area (Å²) >= 11 is 0. The Labute approximate surface area is 111 Å². The van der Waals surface area contributed by atoms with E-state index in [-0.39, 0.29) is 0 Å². The van der Waals surface area contributed by atoms with Crippen LogP contribution in [0, 0.1) is 11.8 Å². The van der Waals surface area contributed by atoms with E-state index in [0.29, 0.717) is 11.4 Å². The van der Waals surface area contributed by atoms with E-state index in [9.17, 15) is 0 Å². The lowest BCUT2D eigenvalue weighted by Crippen LogP contribution is -1.93. The van der Waals surface area contributed by atoms with Gasteiger partial charge in [-0.2, -0.15) is 0 Å². The van der Waals surface area contributed by atoms with Crippen molar-refractivity contribution < 1.29 is 5.21 Å². The Balaban J connectivity index is 1.89. The first-order valence-electron chi connectivity index (χ1n) is 5.77. The van der Waals surface area contributed by atoms with Crippen LogP contribution in [0.5, 0.6) is 0 Å². The highest BCUT2D eigenvalue weighted by Gasteiger charge is 1.92. The molecule has 0 aliphatic rings. The molecule has 5 nitrogen and oxygen atoms in total. The maximum Gasteiger partial charge on any atom is 0.135 e. The van der Waals surface area contributed by atoms with Crippen LogP contribution < -0.4 is 0 Å². The lowest BCUT2D eigenvalue weighted by molar-refractivity contribution is 0.321. The van der Waals surface area contributed by atoms with Crippen molar-refractivity contribution in [2.24, 2.45) is 5.16 Å².